The fourth-order valence-corrected chi connectivity index (χ4v) is 9.60. The van der Waals surface area contributed by atoms with E-state index in [4.69, 9.17) is 0 Å². The maximum atomic E-state index is 13.3. The molecule has 0 spiro atoms. The van der Waals surface area contributed by atoms with Crippen LogP contribution in [0.15, 0.2) is 0 Å². The van der Waals surface area contributed by atoms with Crippen LogP contribution in [0.5, 0.6) is 0 Å². The molecule has 10 nitrogen and oxygen atoms in total. The molecule has 0 bridgehead atoms. The van der Waals surface area contributed by atoms with Crippen LogP contribution >= 0.6 is 0 Å². The van der Waals surface area contributed by atoms with Gasteiger partial charge in [0, 0.05) is 43.4 Å². The standard InChI is InChI=1S/C25H45NO9S/c27-11-16-9-22(21(31)10-20(16)30)36(34,35)26-19-8-17(12-28)24(32)23(25(19)33)15-5-4-14(6-15)13-2-1-3-18(29)7-13/h13-33H,1-12H2/t13?,14?,15?,16-,17-,18?,19-,20-,21-,22?,23?,24+,25?/m1/s1. The summed E-state index contributed by atoms with van der Waals surface area (Å²) in [7, 11) is -4.13. The molecule has 0 saturated heterocycles. The van der Waals surface area contributed by atoms with Crippen molar-refractivity contribution in [3.63, 3.8) is 0 Å². The highest BCUT2D eigenvalue weighted by atomic mass is 32.2. The van der Waals surface area contributed by atoms with Crippen LogP contribution in [0.3, 0.4) is 0 Å². The summed E-state index contributed by atoms with van der Waals surface area (Å²) in [6, 6.07) is -0.928. The van der Waals surface area contributed by atoms with Crippen LogP contribution < -0.4 is 4.72 Å². The zero-order valence-electron chi connectivity index (χ0n) is 20.8. The van der Waals surface area contributed by atoms with E-state index in [0.29, 0.717) is 11.8 Å². The highest BCUT2D eigenvalue weighted by Crippen LogP contribution is 2.48. The first-order valence-electron chi connectivity index (χ1n) is 13.7. The second-order valence-corrected chi connectivity index (χ2v) is 13.9. The first-order chi connectivity index (χ1) is 17.1. The Morgan fingerprint density at radius 1 is 0.667 bits per heavy atom. The summed E-state index contributed by atoms with van der Waals surface area (Å²) in [6.45, 7) is -0.730. The molecule has 4 saturated carbocycles. The van der Waals surface area contributed by atoms with Gasteiger partial charge in [-0.25, -0.2) is 13.1 Å². The Labute approximate surface area is 213 Å². The van der Waals surface area contributed by atoms with E-state index in [0.717, 1.165) is 44.9 Å². The molecule has 0 radical (unpaired) electrons. The van der Waals surface area contributed by atoms with E-state index < -0.39 is 70.1 Å². The SMILES string of the molecule is O=S(=O)(N[C@@H]1C[C@H](CO)[C@H](O)C(C2CCC(C3CCCC(O)C3)C2)C1O)C1C[C@H](CO)[C@H](O)C[C@H]1O. The molecule has 0 aromatic rings. The molecule has 4 aliphatic rings. The lowest BCUT2D eigenvalue weighted by molar-refractivity contribution is -0.103. The minimum Gasteiger partial charge on any atom is -0.396 e. The minimum atomic E-state index is -4.13. The van der Waals surface area contributed by atoms with Gasteiger partial charge in [0.1, 0.15) is 5.25 Å². The van der Waals surface area contributed by atoms with Crippen molar-refractivity contribution in [2.75, 3.05) is 13.2 Å². The molecule has 0 aromatic carbocycles. The monoisotopic (exact) mass is 535 g/mol. The van der Waals surface area contributed by atoms with Crippen molar-refractivity contribution in [1.29, 1.82) is 0 Å². The number of aliphatic hydroxyl groups excluding tert-OH is 7. The Bertz CT molecular complexity index is 828. The van der Waals surface area contributed by atoms with Gasteiger partial charge in [0.25, 0.3) is 0 Å². The fraction of sp³-hybridized carbons (Fsp3) is 1.00. The summed E-state index contributed by atoms with van der Waals surface area (Å²) < 4.78 is 29.1. The molecule has 210 valence electrons. The lowest BCUT2D eigenvalue weighted by Crippen LogP contribution is -2.60. The Balaban J connectivity index is 1.47. The second kappa shape index (κ2) is 11.8. The Kier molecular flexibility index (Phi) is 9.38. The van der Waals surface area contributed by atoms with Crippen molar-refractivity contribution in [1.82, 2.24) is 4.72 Å². The average molecular weight is 536 g/mol. The largest absolute Gasteiger partial charge is 0.396 e. The Morgan fingerprint density at radius 2 is 1.33 bits per heavy atom. The van der Waals surface area contributed by atoms with Gasteiger partial charge in [-0.15, -0.1) is 0 Å². The molecule has 4 fully saturated rings. The molecule has 8 N–H and O–H groups in total. The summed E-state index contributed by atoms with van der Waals surface area (Å²) in [5.74, 6) is -1.06. The fourth-order valence-electron chi connectivity index (χ4n) is 7.74. The summed E-state index contributed by atoms with van der Waals surface area (Å²) >= 11 is 0. The maximum Gasteiger partial charge on any atom is 0.217 e. The van der Waals surface area contributed by atoms with E-state index in [9.17, 15) is 44.2 Å². The van der Waals surface area contributed by atoms with Gasteiger partial charge in [-0.2, -0.15) is 0 Å². The van der Waals surface area contributed by atoms with Crippen molar-refractivity contribution in [3.8, 4) is 0 Å². The summed E-state index contributed by atoms with van der Waals surface area (Å²) in [5, 5.41) is 71.1. The van der Waals surface area contributed by atoms with Crippen LogP contribution in [-0.4, -0.2) is 99.2 Å². The van der Waals surface area contributed by atoms with Gasteiger partial charge < -0.3 is 35.7 Å². The van der Waals surface area contributed by atoms with Crippen molar-refractivity contribution in [3.05, 3.63) is 0 Å². The predicted molar refractivity (Wildman–Crippen MR) is 131 cm³/mol. The molecule has 0 aliphatic heterocycles. The van der Waals surface area contributed by atoms with Crippen LogP contribution in [0.1, 0.15) is 64.2 Å². The molecule has 7 unspecified atom stereocenters. The van der Waals surface area contributed by atoms with E-state index in [1.165, 1.54) is 0 Å². The van der Waals surface area contributed by atoms with Crippen molar-refractivity contribution in [2.24, 2.45) is 35.5 Å². The normalized spacial score (nSPS) is 48.7. The lowest BCUT2D eigenvalue weighted by atomic mass is 9.68. The molecular weight excluding hydrogens is 490 g/mol. The minimum absolute atomic E-state index is 0.0189. The molecule has 4 aliphatic carbocycles. The lowest BCUT2D eigenvalue weighted by Gasteiger charge is -2.46. The van der Waals surface area contributed by atoms with Gasteiger partial charge in [0.05, 0.1) is 30.5 Å². The zero-order chi connectivity index (χ0) is 26.2. The van der Waals surface area contributed by atoms with E-state index in [1.54, 1.807) is 0 Å². The van der Waals surface area contributed by atoms with Gasteiger partial charge in [-0.3, -0.25) is 0 Å². The zero-order valence-corrected chi connectivity index (χ0v) is 21.7. The van der Waals surface area contributed by atoms with Gasteiger partial charge in [-0.05, 0) is 69.1 Å². The predicted octanol–water partition coefficient (Wildman–Crippen LogP) is -0.915. The van der Waals surface area contributed by atoms with Gasteiger partial charge in [0.2, 0.25) is 10.0 Å². The molecule has 13 atom stereocenters. The molecule has 4 rings (SSSR count). The van der Waals surface area contributed by atoms with Gasteiger partial charge in [0.15, 0.2) is 0 Å². The maximum absolute atomic E-state index is 13.3. The molecule has 0 aromatic heterocycles. The third kappa shape index (κ3) is 5.94. The smallest absolute Gasteiger partial charge is 0.217 e. The number of hydrogen-bond acceptors (Lipinski definition) is 9. The second-order valence-electron chi connectivity index (χ2n) is 12.0. The van der Waals surface area contributed by atoms with Crippen molar-refractivity contribution < 1.29 is 44.2 Å². The molecule has 0 heterocycles. The highest BCUT2D eigenvalue weighted by molar-refractivity contribution is 7.90. The third-order valence-electron chi connectivity index (χ3n) is 9.83. The first-order valence-corrected chi connectivity index (χ1v) is 15.2. The summed E-state index contributed by atoms with van der Waals surface area (Å²) in [5.41, 5.74) is 0. The summed E-state index contributed by atoms with van der Waals surface area (Å²) in [4.78, 5) is 0. The first kappa shape index (κ1) is 28.6. The van der Waals surface area contributed by atoms with Gasteiger partial charge in [-0.1, -0.05) is 6.42 Å². The van der Waals surface area contributed by atoms with E-state index >= 15 is 0 Å². The number of nitrogens with one attached hydrogen (secondary N) is 1. The van der Waals surface area contributed by atoms with Crippen LogP contribution in [0.25, 0.3) is 0 Å². The quantitative estimate of drug-likeness (QED) is 0.204. The van der Waals surface area contributed by atoms with Crippen LogP contribution in [0.2, 0.25) is 0 Å². The molecule has 11 heteroatoms. The van der Waals surface area contributed by atoms with E-state index in [-0.39, 0.29) is 37.9 Å². The number of hydrogen-bond donors (Lipinski definition) is 8. The van der Waals surface area contributed by atoms with E-state index in [2.05, 4.69) is 4.72 Å². The topological polar surface area (TPSA) is 188 Å². The van der Waals surface area contributed by atoms with Crippen molar-refractivity contribution >= 4 is 10.0 Å². The molecule has 0 amide bonds. The van der Waals surface area contributed by atoms with Crippen molar-refractivity contribution in [2.45, 2.75) is 106 Å². The van der Waals surface area contributed by atoms with Crippen LogP contribution in [0.4, 0.5) is 0 Å². The van der Waals surface area contributed by atoms with Crippen LogP contribution in [0, 0.1) is 35.5 Å². The van der Waals surface area contributed by atoms with Crippen LogP contribution in [-0.2, 0) is 10.0 Å². The number of rotatable bonds is 7. The average Bonchev–Trinajstić information content (AvgIpc) is 3.30. The third-order valence-corrected chi connectivity index (χ3v) is 11.8. The molecule has 36 heavy (non-hydrogen) atoms. The number of aliphatic hydroxyl groups is 7. The van der Waals surface area contributed by atoms with Gasteiger partial charge >= 0.3 is 0 Å². The highest BCUT2D eigenvalue weighted by Gasteiger charge is 2.51. The Hall–Kier alpha value is -0.370. The summed E-state index contributed by atoms with van der Waals surface area (Å²) in [6.07, 6.45) is 1.33. The van der Waals surface area contributed by atoms with E-state index in [1.807, 2.05) is 0 Å². The number of sulfonamides is 1. The Morgan fingerprint density at radius 3 is 2.00 bits per heavy atom. The molecular formula is C25H45NO9S.